The Balaban J connectivity index is 1.53. The van der Waals surface area contributed by atoms with E-state index in [9.17, 15) is 0 Å². The molecule has 25 heavy (non-hydrogen) atoms. The van der Waals surface area contributed by atoms with Crippen molar-refractivity contribution in [3.63, 3.8) is 0 Å². The summed E-state index contributed by atoms with van der Waals surface area (Å²) in [6, 6.07) is 16.5. The first-order valence-corrected chi connectivity index (χ1v) is 8.56. The van der Waals surface area contributed by atoms with Crippen molar-refractivity contribution in [1.82, 2.24) is 20.1 Å². The van der Waals surface area contributed by atoms with Crippen LogP contribution in [0, 0.1) is 0 Å². The minimum Gasteiger partial charge on any atom is -0.487 e. The Bertz CT molecular complexity index is 758. The molecule has 1 N–H and O–H groups in total. The molecular weight excluding hydrogens is 312 g/mol. The van der Waals surface area contributed by atoms with Gasteiger partial charge in [-0.3, -0.25) is 9.67 Å². The number of hydrogen-bond acceptors (Lipinski definition) is 4. The first kappa shape index (κ1) is 17.2. The van der Waals surface area contributed by atoms with Gasteiger partial charge in [0.2, 0.25) is 0 Å². The summed E-state index contributed by atoms with van der Waals surface area (Å²) in [5.41, 5.74) is 2.12. The van der Waals surface area contributed by atoms with Gasteiger partial charge in [0.15, 0.2) is 0 Å². The number of hydrogen-bond donors (Lipinski definition) is 1. The smallest absolute Gasteiger partial charge is 0.130 e. The molecule has 130 valence electrons. The predicted molar refractivity (Wildman–Crippen MR) is 98.3 cm³/mol. The minimum atomic E-state index is 0.290. The summed E-state index contributed by atoms with van der Waals surface area (Å²) in [5.74, 6) is 0.859. The van der Waals surface area contributed by atoms with Gasteiger partial charge in [0.25, 0.3) is 0 Å². The third-order valence-corrected chi connectivity index (χ3v) is 4.31. The van der Waals surface area contributed by atoms with Crippen LogP contribution in [0.25, 0.3) is 0 Å². The van der Waals surface area contributed by atoms with Gasteiger partial charge in [0, 0.05) is 31.2 Å². The van der Waals surface area contributed by atoms with Gasteiger partial charge in [0.1, 0.15) is 12.4 Å². The summed E-state index contributed by atoms with van der Waals surface area (Å²) < 4.78 is 7.82. The number of rotatable bonds is 8. The van der Waals surface area contributed by atoms with Crippen LogP contribution in [0.5, 0.6) is 5.75 Å². The second-order valence-corrected chi connectivity index (χ2v) is 6.15. The van der Waals surface area contributed by atoms with E-state index in [1.165, 1.54) is 5.56 Å². The fourth-order valence-corrected chi connectivity index (χ4v) is 2.59. The fraction of sp³-hybridized carbons (Fsp3) is 0.300. The zero-order chi connectivity index (χ0) is 17.5. The maximum absolute atomic E-state index is 5.84. The van der Waals surface area contributed by atoms with Crippen LogP contribution in [0.1, 0.15) is 31.1 Å². The molecule has 5 heteroatoms. The Labute approximate surface area is 148 Å². The summed E-state index contributed by atoms with van der Waals surface area (Å²) in [6.07, 6.45) is 5.59. The Kier molecular flexibility index (Phi) is 5.80. The predicted octanol–water partition coefficient (Wildman–Crippen LogP) is 3.60. The molecule has 1 aromatic carbocycles. The van der Waals surface area contributed by atoms with E-state index < -0.39 is 0 Å². The molecule has 5 nitrogen and oxygen atoms in total. The van der Waals surface area contributed by atoms with Crippen LogP contribution in [0.3, 0.4) is 0 Å². The lowest BCUT2D eigenvalue weighted by Crippen LogP contribution is -2.33. The van der Waals surface area contributed by atoms with Crippen LogP contribution in [0.15, 0.2) is 67.1 Å². The van der Waals surface area contributed by atoms with Crippen molar-refractivity contribution < 1.29 is 4.74 Å². The van der Waals surface area contributed by atoms with E-state index in [0.29, 0.717) is 18.7 Å². The molecule has 0 spiro atoms. The average molecular weight is 336 g/mol. The van der Waals surface area contributed by atoms with E-state index in [0.717, 1.165) is 18.0 Å². The lowest BCUT2D eigenvalue weighted by Gasteiger charge is -2.22. The van der Waals surface area contributed by atoms with Crippen LogP contribution in [-0.4, -0.2) is 20.8 Å². The molecule has 0 aliphatic heterocycles. The molecule has 0 amide bonds. The molecular formula is C20H24N4O. The number of pyridine rings is 1. The second kappa shape index (κ2) is 8.44. The van der Waals surface area contributed by atoms with Gasteiger partial charge in [-0.2, -0.15) is 5.10 Å². The standard InChI is InChI=1S/C20H24N4O/c1-16(17(2)24-12-6-11-23-24)22-14-18-7-5-9-20(13-18)25-15-19-8-3-4-10-21-19/h3-13,16-17,22H,14-15H2,1-2H3/t16-,17+/m0/s1. The van der Waals surface area contributed by atoms with Gasteiger partial charge in [-0.15, -0.1) is 0 Å². The van der Waals surface area contributed by atoms with E-state index in [1.807, 2.05) is 53.5 Å². The molecule has 2 atom stereocenters. The van der Waals surface area contributed by atoms with Crippen LogP contribution >= 0.6 is 0 Å². The van der Waals surface area contributed by atoms with Gasteiger partial charge in [0.05, 0.1) is 11.7 Å². The number of ether oxygens (including phenoxy) is 1. The van der Waals surface area contributed by atoms with E-state index >= 15 is 0 Å². The van der Waals surface area contributed by atoms with Crippen molar-refractivity contribution in [3.05, 3.63) is 78.4 Å². The highest BCUT2D eigenvalue weighted by atomic mass is 16.5. The first-order valence-electron chi connectivity index (χ1n) is 8.56. The molecule has 2 aromatic heterocycles. The van der Waals surface area contributed by atoms with E-state index in [-0.39, 0.29) is 0 Å². The van der Waals surface area contributed by atoms with Crippen molar-refractivity contribution in [2.75, 3.05) is 0 Å². The van der Waals surface area contributed by atoms with Crippen molar-refractivity contribution in [3.8, 4) is 5.75 Å². The van der Waals surface area contributed by atoms with E-state index in [1.54, 1.807) is 6.20 Å². The number of nitrogens with one attached hydrogen (secondary N) is 1. The van der Waals surface area contributed by atoms with Gasteiger partial charge in [-0.05, 0) is 49.7 Å². The largest absolute Gasteiger partial charge is 0.487 e. The quantitative estimate of drug-likeness (QED) is 0.683. The number of nitrogens with zero attached hydrogens (tertiary/aromatic N) is 3. The molecule has 0 aliphatic carbocycles. The zero-order valence-corrected chi connectivity index (χ0v) is 14.7. The number of aromatic nitrogens is 3. The molecule has 0 unspecified atom stereocenters. The normalized spacial score (nSPS) is 13.4. The Morgan fingerprint density at radius 3 is 2.76 bits per heavy atom. The topological polar surface area (TPSA) is 52.0 Å². The summed E-state index contributed by atoms with van der Waals surface area (Å²) in [5, 5.41) is 7.87. The van der Waals surface area contributed by atoms with Crippen molar-refractivity contribution in [2.45, 2.75) is 39.1 Å². The van der Waals surface area contributed by atoms with Crippen LogP contribution in [0.4, 0.5) is 0 Å². The molecule has 3 aromatic rings. The molecule has 3 rings (SSSR count). The molecule has 0 aliphatic rings. The summed E-state index contributed by atoms with van der Waals surface area (Å²) in [4.78, 5) is 4.27. The van der Waals surface area contributed by atoms with Gasteiger partial charge in [-0.1, -0.05) is 18.2 Å². The Hall–Kier alpha value is -2.66. The summed E-state index contributed by atoms with van der Waals surface area (Å²) in [7, 11) is 0. The van der Waals surface area contributed by atoms with Gasteiger partial charge >= 0.3 is 0 Å². The van der Waals surface area contributed by atoms with Crippen molar-refractivity contribution in [2.24, 2.45) is 0 Å². The van der Waals surface area contributed by atoms with Crippen LogP contribution in [-0.2, 0) is 13.2 Å². The average Bonchev–Trinajstić information content (AvgIpc) is 3.20. The van der Waals surface area contributed by atoms with E-state index in [2.05, 4.69) is 41.4 Å². The Morgan fingerprint density at radius 2 is 2.00 bits per heavy atom. The second-order valence-electron chi connectivity index (χ2n) is 6.15. The van der Waals surface area contributed by atoms with Crippen LogP contribution < -0.4 is 10.1 Å². The molecule has 0 bridgehead atoms. The van der Waals surface area contributed by atoms with Crippen LogP contribution in [0.2, 0.25) is 0 Å². The Morgan fingerprint density at radius 1 is 1.08 bits per heavy atom. The highest BCUT2D eigenvalue weighted by Gasteiger charge is 2.13. The van der Waals surface area contributed by atoms with Crippen molar-refractivity contribution >= 4 is 0 Å². The molecule has 0 radical (unpaired) electrons. The molecule has 0 saturated carbocycles. The zero-order valence-electron chi connectivity index (χ0n) is 14.7. The highest BCUT2D eigenvalue weighted by molar-refractivity contribution is 5.28. The molecule has 0 fully saturated rings. The van der Waals surface area contributed by atoms with Gasteiger partial charge < -0.3 is 10.1 Å². The highest BCUT2D eigenvalue weighted by Crippen LogP contribution is 2.16. The minimum absolute atomic E-state index is 0.290. The fourth-order valence-electron chi connectivity index (χ4n) is 2.59. The van der Waals surface area contributed by atoms with Gasteiger partial charge in [-0.25, -0.2) is 0 Å². The lowest BCUT2D eigenvalue weighted by molar-refractivity contribution is 0.300. The van der Waals surface area contributed by atoms with Crippen molar-refractivity contribution in [1.29, 1.82) is 0 Å². The monoisotopic (exact) mass is 336 g/mol. The van der Waals surface area contributed by atoms with E-state index in [4.69, 9.17) is 4.74 Å². The third-order valence-electron chi connectivity index (χ3n) is 4.31. The maximum atomic E-state index is 5.84. The molecule has 0 saturated heterocycles. The third kappa shape index (κ3) is 4.90. The number of benzene rings is 1. The maximum Gasteiger partial charge on any atom is 0.130 e. The summed E-state index contributed by atoms with van der Waals surface area (Å²) >= 11 is 0. The lowest BCUT2D eigenvalue weighted by atomic mass is 10.1. The first-order chi connectivity index (χ1) is 12.2. The summed E-state index contributed by atoms with van der Waals surface area (Å²) in [6.45, 7) is 5.60. The SMILES string of the molecule is C[C@H](NCc1cccc(OCc2ccccn2)c1)[C@@H](C)n1cccn1. The molecule has 2 heterocycles.